The third-order valence-electron chi connectivity index (χ3n) is 4.30. The molecule has 4 heteroatoms. The zero-order chi connectivity index (χ0) is 18.5. The van der Waals surface area contributed by atoms with Gasteiger partial charge in [-0.1, -0.05) is 60.2 Å². The predicted molar refractivity (Wildman–Crippen MR) is 113 cm³/mol. The summed E-state index contributed by atoms with van der Waals surface area (Å²) in [6, 6.07) is 20.8. The van der Waals surface area contributed by atoms with Crippen molar-refractivity contribution >= 4 is 23.1 Å². The van der Waals surface area contributed by atoms with Gasteiger partial charge in [0.25, 0.3) is 0 Å². The van der Waals surface area contributed by atoms with Crippen LogP contribution in [0.5, 0.6) is 0 Å². The summed E-state index contributed by atoms with van der Waals surface area (Å²) in [4.78, 5) is 4.36. The molecular formula is C22H23N3S. The Labute approximate surface area is 160 Å². The number of pyridine rings is 1. The van der Waals surface area contributed by atoms with Crippen molar-refractivity contribution in [3.05, 3.63) is 94.7 Å². The standard InChI is InChI=1S/C22H23N3S/c1-15-9-11-19(17(3)13-15)21(18-7-5-4-6-8-18)25-22(26)24-20-12-10-16(2)14-23-20/h4-14,21H,1-3H3,(H2,23,24,25,26)/t21-/m0/s1. The van der Waals surface area contributed by atoms with Crippen molar-refractivity contribution in [2.75, 3.05) is 5.32 Å². The number of rotatable bonds is 4. The molecule has 3 rings (SSSR count). The molecule has 1 aromatic heterocycles. The normalized spacial score (nSPS) is 11.7. The third kappa shape index (κ3) is 4.46. The Kier molecular flexibility index (Phi) is 5.64. The lowest BCUT2D eigenvalue weighted by molar-refractivity contribution is 0.761. The molecule has 0 saturated heterocycles. The number of benzene rings is 2. The quantitative estimate of drug-likeness (QED) is 0.635. The average molecular weight is 362 g/mol. The molecule has 0 bridgehead atoms. The number of hydrogen-bond donors (Lipinski definition) is 2. The number of aryl methyl sites for hydroxylation is 3. The molecule has 0 unspecified atom stereocenters. The lowest BCUT2D eigenvalue weighted by Gasteiger charge is -2.23. The van der Waals surface area contributed by atoms with E-state index in [2.05, 4.69) is 59.8 Å². The Morgan fingerprint density at radius 3 is 2.31 bits per heavy atom. The highest BCUT2D eigenvalue weighted by molar-refractivity contribution is 7.80. The van der Waals surface area contributed by atoms with Gasteiger partial charge in [0.05, 0.1) is 6.04 Å². The van der Waals surface area contributed by atoms with Crippen LogP contribution in [0.3, 0.4) is 0 Å². The SMILES string of the molecule is Cc1ccc(NC(=S)N[C@@H](c2ccccc2)c2ccc(C)cc2C)nc1. The van der Waals surface area contributed by atoms with Crippen LogP contribution in [-0.4, -0.2) is 10.1 Å². The molecule has 0 aliphatic heterocycles. The van der Waals surface area contributed by atoms with Gasteiger partial charge in [-0.15, -0.1) is 0 Å². The molecule has 132 valence electrons. The molecule has 0 radical (unpaired) electrons. The summed E-state index contributed by atoms with van der Waals surface area (Å²) in [6.07, 6.45) is 1.82. The lowest BCUT2D eigenvalue weighted by atomic mass is 9.94. The van der Waals surface area contributed by atoms with Crippen LogP contribution in [-0.2, 0) is 0 Å². The first kappa shape index (κ1) is 18.1. The van der Waals surface area contributed by atoms with Crippen molar-refractivity contribution in [3.63, 3.8) is 0 Å². The third-order valence-corrected chi connectivity index (χ3v) is 4.52. The number of nitrogens with zero attached hydrogens (tertiary/aromatic N) is 1. The second-order valence-corrected chi connectivity index (χ2v) is 6.93. The maximum atomic E-state index is 5.55. The topological polar surface area (TPSA) is 37.0 Å². The summed E-state index contributed by atoms with van der Waals surface area (Å²) >= 11 is 5.55. The maximum absolute atomic E-state index is 5.55. The van der Waals surface area contributed by atoms with Gasteiger partial charge in [-0.2, -0.15) is 0 Å². The average Bonchev–Trinajstić information content (AvgIpc) is 2.63. The highest BCUT2D eigenvalue weighted by Gasteiger charge is 2.17. The zero-order valence-corrected chi connectivity index (χ0v) is 16.1. The Morgan fingerprint density at radius 1 is 0.923 bits per heavy atom. The number of aromatic nitrogens is 1. The second kappa shape index (κ2) is 8.11. The summed E-state index contributed by atoms with van der Waals surface area (Å²) in [7, 11) is 0. The van der Waals surface area contributed by atoms with Crippen LogP contribution in [0.15, 0.2) is 66.9 Å². The van der Waals surface area contributed by atoms with Gasteiger partial charge in [-0.3, -0.25) is 0 Å². The Morgan fingerprint density at radius 2 is 1.65 bits per heavy atom. The smallest absolute Gasteiger partial charge is 0.172 e. The van der Waals surface area contributed by atoms with Crippen LogP contribution in [0.1, 0.15) is 33.9 Å². The maximum Gasteiger partial charge on any atom is 0.172 e. The summed E-state index contributed by atoms with van der Waals surface area (Å²) in [5.74, 6) is 0.737. The summed E-state index contributed by atoms with van der Waals surface area (Å²) in [5.41, 5.74) is 5.99. The van der Waals surface area contributed by atoms with E-state index in [1.807, 2.05) is 43.5 Å². The molecule has 26 heavy (non-hydrogen) atoms. The fourth-order valence-electron chi connectivity index (χ4n) is 2.96. The fourth-order valence-corrected chi connectivity index (χ4v) is 3.18. The molecule has 0 aliphatic rings. The Bertz CT molecular complexity index is 889. The summed E-state index contributed by atoms with van der Waals surface area (Å²) in [6.45, 7) is 6.26. The molecule has 3 nitrogen and oxygen atoms in total. The van der Waals surface area contributed by atoms with Gasteiger partial charge < -0.3 is 10.6 Å². The Balaban J connectivity index is 1.86. The van der Waals surface area contributed by atoms with Crippen molar-refractivity contribution in [1.82, 2.24) is 10.3 Å². The molecule has 1 heterocycles. The zero-order valence-electron chi connectivity index (χ0n) is 15.3. The minimum absolute atomic E-state index is 0.0257. The number of nitrogens with one attached hydrogen (secondary N) is 2. The van der Waals surface area contributed by atoms with E-state index in [1.54, 1.807) is 0 Å². The van der Waals surface area contributed by atoms with Gasteiger partial charge in [0, 0.05) is 6.20 Å². The van der Waals surface area contributed by atoms with Gasteiger partial charge in [0.1, 0.15) is 5.82 Å². The molecule has 0 saturated carbocycles. The molecule has 2 N–H and O–H groups in total. The van der Waals surface area contributed by atoms with Gasteiger partial charge in [-0.25, -0.2) is 4.98 Å². The molecule has 0 spiro atoms. The minimum Gasteiger partial charge on any atom is -0.351 e. The summed E-state index contributed by atoms with van der Waals surface area (Å²) in [5, 5.41) is 7.18. The molecular weight excluding hydrogens is 338 g/mol. The van der Waals surface area contributed by atoms with Gasteiger partial charge in [0.2, 0.25) is 0 Å². The predicted octanol–water partition coefficient (Wildman–Crippen LogP) is 5.08. The number of thiocarbonyl (C=S) groups is 1. The van der Waals surface area contributed by atoms with E-state index in [-0.39, 0.29) is 6.04 Å². The molecule has 0 amide bonds. The van der Waals surface area contributed by atoms with Crippen molar-refractivity contribution in [2.24, 2.45) is 0 Å². The molecule has 0 aliphatic carbocycles. The van der Waals surface area contributed by atoms with E-state index < -0.39 is 0 Å². The van der Waals surface area contributed by atoms with E-state index in [9.17, 15) is 0 Å². The van der Waals surface area contributed by atoms with Crippen molar-refractivity contribution in [2.45, 2.75) is 26.8 Å². The molecule has 0 fully saturated rings. The molecule has 2 aromatic carbocycles. The van der Waals surface area contributed by atoms with Crippen LogP contribution in [0.4, 0.5) is 5.82 Å². The van der Waals surface area contributed by atoms with Crippen molar-refractivity contribution in [1.29, 1.82) is 0 Å². The number of anilines is 1. The first-order valence-corrected chi connectivity index (χ1v) is 9.06. The first-order chi connectivity index (χ1) is 12.5. The van der Waals surface area contributed by atoms with Gasteiger partial charge >= 0.3 is 0 Å². The molecule has 1 atom stereocenters. The largest absolute Gasteiger partial charge is 0.351 e. The number of hydrogen-bond acceptors (Lipinski definition) is 2. The molecule has 3 aromatic rings. The lowest BCUT2D eigenvalue weighted by Crippen LogP contribution is -2.33. The highest BCUT2D eigenvalue weighted by Crippen LogP contribution is 2.25. The second-order valence-electron chi connectivity index (χ2n) is 6.52. The van der Waals surface area contributed by atoms with Gasteiger partial charge in [-0.05, 0) is 61.3 Å². The van der Waals surface area contributed by atoms with E-state index in [0.29, 0.717) is 5.11 Å². The highest BCUT2D eigenvalue weighted by atomic mass is 32.1. The van der Waals surface area contributed by atoms with Gasteiger partial charge in [0.15, 0.2) is 5.11 Å². The van der Waals surface area contributed by atoms with E-state index >= 15 is 0 Å². The van der Waals surface area contributed by atoms with Crippen LogP contribution in [0.2, 0.25) is 0 Å². The van der Waals surface area contributed by atoms with Crippen molar-refractivity contribution < 1.29 is 0 Å². The van der Waals surface area contributed by atoms with Crippen LogP contribution >= 0.6 is 12.2 Å². The van der Waals surface area contributed by atoms with Crippen LogP contribution < -0.4 is 10.6 Å². The Hall–Kier alpha value is -2.72. The fraction of sp³-hybridized carbons (Fsp3) is 0.182. The minimum atomic E-state index is -0.0257. The monoisotopic (exact) mass is 361 g/mol. The van der Waals surface area contributed by atoms with Crippen molar-refractivity contribution in [3.8, 4) is 0 Å². The van der Waals surface area contributed by atoms with E-state index in [1.165, 1.54) is 22.3 Å². The summed E-state index contributed by atoms with van der Waals surface area (Å²) < 4.78 is 0. The first-order valence-electron chi connectivity index (χ1n) is 8.65. The van der Waals surface area contributed by atoms with Crippen LogP contribution in [0.25, 0.3) is 0 Å². The van der Waals surface area contributed by atoms with E-state index in [4.69, 9.17) is 12.2 Å². The van der Waals surface area contributed by atoms with Crippen LogP contribution in [0, 0.1) is 20.8 Å². The van der Waals surface area contributed by atoms with E-state index in [0.717, 1.165) is 11.4 Å².